The molecule has 0 aliphatic rings. The Morgan fingerprint density at radius 1 is 1.21 bits per heavy atom. The first-order valence-corrected chi connectivity index (χ1v) is 7.05. The SMILES string of the molecule is COc1cccc(C(=O)Nc2cc(-n3ccnc3)ncn2)c1OC. The van der Waals surface area contributed by atoms with Gasteiger partial charge in [-0.25, -0.2) is 15.0 Å². The first-order valence-electron chi connectivity index (χ1n) is 7.05. The van der Waals surface area contributed by atoms with E-state index in [1.54, 1.807) is 47.6 Å². The fourth-order valence-electron chi connectivity index (χ4n) is 2.20. The lowest BCUT2D eigenvalue weighted by molar-refractivity contribution is 0.102. The first kappa shape index (κ1) is 15.5. The molecule has 1 N–H and O–H groups in total. The van der Waals surface area contributed by atoms with E-state index in [1.807, 2.05) is 0 Å². The van der Waals surface area contributed by atoms with Crippen LogP contribution in [-0.2, 0) is 0 Å². The summed E-state index contributed by atoms with van der Waals surface area (Å²) in [6, 6.07) is 6.73. The summed E-state index contributed by atoms with van der Waals surface area (Å²) in [6.07, 6.45) is 6.37. The largest absolute Gasteiger partial charge is 0.493 e. The van der Waals surface area contributed by atoms with Gasteiger partial charge in [0, 0.05) is 18.5 Å². The number of carbonyl (C=O) groups excluding carboxylic acids is 1. The minimum atomic E-state index is -0.360. The van der Waals surface area contributed by atoms with Crippen LogP contribution in [0.3, 0.4) is 0 Å². The van der Waals surface area contributed by atoms with Gasteiger partial charge in [0.15, 0.2) is 11.5 Å². The zero-order chi connectivity index (χ0) is 16.9. The summed E-state index contributed by atoms with van der Waals surface area (Å²) in [6.45, 7) is 0. The third-order valence-corrected chi connectivity index (χ3v) is 3.31. The van der Waals surface area contributed by atoms with Crippen LogP contribution in [-0.4, -0.2) is 39.6 Å². The van der Waals surface area contributed by atoms with Crippen molar-refractivity contribution in [2.45, 2.75) is 0 Å². The highest BCUT2D eigenvalue weighted by molar-refractivity contribution is 6.06. The highest BCUT2D eigenvalue weighted by atomic mass is 16.5. The second kappa shape index (κ2) is 6.78. The van der Waals surface area contributed by atoms with Gasteiger partial charge in [-0.05, 0) is 12.1 Å². The Balaban J connectivity index is 1.87. The number of benzene rings is 1. The summed E-state index contributed by atoms with van der Waals surface area (Å²) in [5, 5.41) is 2.73. The van der Waals surface area contributed by atoms with Crippen molar-refractivity contribution in [2.75, 3.05) is 19.5 Å². The van der Waals surface area contributed by atoms with E-state index in [-0.39, 0.29) is 5.91 Å². The molecule has 122 valence electrons. The molecule has 0 aliphatic heterocycles. The monoisotopic (exact) mass is 325 g/mol. The van der Waals surface area contributed by atoms with Crippen LogP contribution in [0.15, 0.2) is 49.3 Å². The summed E-state index contributed by atoms with van der Waals surface area (Å²) in [4.78, 5) is 24.7. The Morgan fingerprint density at radius 2 is 2.08 bits per heavy atom. The summed E-state index contributed by atoms with van der Waals surface area (Å²) >= 11 is 0. The fraction of sp³-hybridized carbons (Fsp3) is 0.125. The Bertz CT molecular complexity index is 849. The Morgan fingerprint density at radius 3 is 2.79 bits per heavy atom. The zero-order valence-corrected chi connectivity index (χ0v) is 13.1. The van der Waals surface area contributed by atoms with Crippen LogP contribution in [0, 0.1) is 0 Å². The molecule has 0 saturated heterocycles. The predicted octanol–water partition coefficient (Wildman–Crippen LogP) is 1.93. The van der Waals surface area contributed by atoms with Gasteiger partial charge in [0.1, 0.15) is 24.3 Å². The van der Waals surface area contributed by atoms with E-state index >= 15 is 0 Å². The van der Waals surface area contributed by atoms with Gasteiger partial charge < -0.3 is 14.8 Å². The molecule has 0 radical (unpaired) electrons. The van der Waals surface area contributed by atoms with E-state index in [0.29, 0.717) is 28.7 Å². The molecule has 24 heavy (non-hydrogen) atoms. The molecule has 3 rings (SSSR count). The van der Waals surface area contributed by atoms with Crippen LogP contribution >= 0.6 is 0 Å². The maximum atomic E-state index is 12.5. The summed E-state index contributed by atoms with van der Waals surface area (Å²) in [5.74, 6) is 1.44. The van der Waals surface area contributed by atoms with Crippen LogP contribution < -0.4 is 14.8 Å². The molecule has 8 nitrogen and oxygen atoms in total. The molecule has 0 unspecified atom stereocenters. The number of ether oxygens (including phenoxy) is 2. The number of hydrogen-bond donors (Lipinski definition) is 1. The van der Waals surface area contributed by atoms with Gasteiger partial charge in [0.2, 0.25) is 0 Å². The second-order valence-corrected chi connectivity index (χ2v) is 4.73. The molecule has 0 atom stereocenters. The van der Waals surface area contributed by atoms with Crippen molar-refractivity contribution in [3.05, 3.63) is 54.9 Å². The van der Waals surface area contributed by atoms with E-state index in [0.717, 1.165) is 0 Å². The van der Waals surface area contributed by atoms with Crippen molar-refractivity contribution >= 4 is 11.7 Å². The molecule has 2 heterocycles. The Kier molecular flexibility index (Phi) is 4.37. The average molecular weight is 325 g/mol. The summed E-state index contributed by atoms with van der Waals surface area (Å²) in [5.41, 5.74) is 0.347. The van der Waals surface area contributed by atoms with Gasteiger partial charge in [-0.15, -0.1) is 0 Å². The highest BCUT2D eigenvalue weighted by Gasteiger charge is 2.17. The number of rotatable bonds is 5. The van der Waals surface area contributed by atoms with Crippen molar-refractivity contribution in [2.24, 2.45) is 0 Å². The molecule has 1 aromatic carbocycles. The fourth-order valence-corrected chi connectivity index (χ4v) is 2.20. The number of hydrogen-bond acceptors (Lipinski definition) is 6. The van der Waals surface area contributed by atoms with Crippen LogP contribution in [0.4, 0.5) is 5.82 Å². The van der Waals surface area contributed by atoms with E-state index in [1.165, 1.54) is 20.5 Å². The number of para-hydroxylation sites is 1. The van der Waals surface area contributed by atoms with Gasteiger partial charge in [0.25, 0.3) is 5.91 Å². The summed E-state index contributed by atoms with van der Waals surface area (Å²) < 4.78 is 12.2. The van der Waals surface area contributed by atoms with Crippen molar-refractivity contribution in [1.29, 1.82) is 0 Å². The number of carbonyl (C=O) groups is 1. The normalized spacial score (nSPS) is 10.2. The maximum Gasteiger partial charge on any atom is 0.260 e. The van der Waals surface area contributed by atoms with Gasteiger partial charge in [0.05, 0.1) is 19.8 Å². The van der Waals surface area contributed by atoms with E-state index in [9.17, 15) is 4.79 Å². The third kappa shape index (κ3) is 3.02. The number of imidazole rings is 1. The first-order chi connectivity index (χ1) is 11.7. The molecule has 3 aromatic rings. The van der Waals surface area contributed by atoms with E-state index < -0.39 is 0 Å². The molecule has 0 saturated carbocycles. The molecule has 8 heteroatoms. The van der Waals surface area contributed by atoms with Crippen LogP contribution in [0.5, 0.6) is 11.5 Å². The molecule has 2 aromatic heterocycles. The number of anilines is 1. The molecule has 0 spiro atoms. The number of amides is 1. The lowest BCUT2D eigenvalue weighted by Crippen LogP contribution is -2.15. The maximum absolute atomic E-state index is 12.5. The topological polar surface area (TPSA) is 91.2 Å². The minimum Gasteiger partial charge on any atom is -0.493 e. The van der Waals surface area contributed by atoms with E-state index in [4.69, 9.17) is 9.47 Å². The van der Waals surface area contributed by atoms with Crippen LogP contribution in [0.1, 0.15) is 10.4 Å². The number of nitrogens with zero attached hydrogens (tertiary/aromatic N) is 4. The smallest absolute Gasteiger partial charge is 0.260 e. The Labute approximate surface area is 138 Å². The number of aromatic nitrogens is 4. The van der Waals surface area contributed by atoms with Gasteiger partial charge in [-0.3, -0.25) is 9.36 Å². The average Bonchev–Trinajstić information content (AvgIpc) is 3.15. The predicted molar refractivity (Wildman–Crippen MR) is 86.7 cm³/mol. The van der Waals surface area contributed by atoms with E-state index in [2.05, 4.69) is 20.3 Å². The quantitative estimate of drug-likeness (QED) is 0.771. The second-order valence-electron chi connectivity index (χ2n) is 4.73. The molecular formula is C16H15N5O3. The highest BCUT2D eigenvalue weighted by Crippen LogP contribution is 2.31. The van der Waals surface area contributed by atoms with Crippen LogP contribution in [0.2, 0.25) is 0 Å². The molecule has 0 bridgehead atoms. The molecule has 0 fully saturated rings. The summed E-state index contributed by atoms with van der Waals surface area (Å²) in [7, 11) is 3.00. The third-order valence-electron chi connectivity index (χ3n) is 3.31. The van der Waals surface area contributed by atoms with Crippen molar-refractivity contribution in [3.63, 3.8) is 0 Å². The Hall–Kier alpha value is -3.42. The van der Waals surface area contributed by atoms with Crippen molar-refractivity contribution in [1.82, 2.24) is 19.5 Å². The molecule has 1 amide bonds. The number of methoxy groups -OCH3 is 2. The van der Waals surface area contributed by atoms with Crippen molar-refractivity contribution in [3.8, 4) is 17.3 Å². The van der Waals surface area contributed by atoms with Gasteiger partial charge >= 0.3 is 0 Å². The molecule has 0 aliphatic carbocycles. The van der Waals surface area contributed by atoms with Gasteiger partial charge in [-0.2, -0.15) is 0 Å². The standard InChI is InChI=1S/C16H15N5O3/c1-23-12-5-3-4-11(15(12)24-2)16(22)20-13-8-14(19-9-18-13)21-7-6-17-10-21/h3-10H,1-2H3,(H,18,19,20,22). The zero-order valence-electron chi connectivity index (χ0n) is 13.1. The van der Waals surface area contributed by atoms with Gasteiger partial charge in [-0.1, -0.05) is 6.07 Å². The number of nitrogens with one attached hydrogen (secondary N) is 1. The molecular weight excluding hydrogens is 310 g/mol. The lowest BCUT2D eigenvalue weighted by Gasteiger charge is -2.12. The van der Waals surface area contributed by atoms with Crippen LogP contribution in [0.25, 0.3) is 5.82 Å². The van der Waals surface area contributed by atoms with Crippen molar-refractivity contribution < 1.29 is 14.3 Å². The minimum absolute atomic E-state index is 0.347. The lowest BCUT2D eigenvalue weighted by atomic mass is 10.1.